The van der Waals surface area contributed by atoms with Crippen molar-refractivity contribution in [2.75, 3.05) is 13.2 Å². The Kier molecular flexibility index (Phi) is 4.66. The van der Waals surface area contributed by atoms with Crippen molar-refractivity contribution < 1.29 is 4.74 Å². The molecule has 0 spiro atoms. The Hall–Kier alpha value is -1.24. The van der Waals surface area contributed by atoms with Gasteiger partial charge in [0.25, 0.3) is 0 Å². The number of aromatic nitrogens is 3. The normalized spacial score (nSPS) is 10.9. The van der Waals surface area contributed by atoms with Crippen molar-refractivity contribution in [3.63, 3.8) is 0 Å². The zero-order valence-electron chi connectivity index (χ0n) is 9.58. The fraction of sp³-hybridized carbons (Fsp3) is 0.455. The van der Waals surface area contributed by atoms with E-state index in [2.05, 4.69) is 27.8 Å². The van der Waals surface area contributed by atoms with E-state index in [4.69, 9.17) is 10.5 Å². The lowest BCUT2D eigenvalue weighted by molar-refractivity contribution is 0.126. The molecule has 92 valence electrons. The van der Waals surface area contributed by atoms with Gasteiger partial charge in [0.05, 0.1) is 25.5 Å². The molecule has 2 aromatic heterocycles. The summed E-state index contributed by atoms with van der Waals surface area (Å²) in [4.78, 5) is 1.36. The molecule has 0 radical (unpaired) electrons. The lowest BCUT2D eigenvalue weighted by Crippen LogP contribution is -2.08. The largest absolute Gasteiger partial charge is 0.379 e. The van der Waals surface area contributed by atoms with Gasteiger partial charge in [-0.05, 0) is 11.4 Å². The van der Waals surface area contributed by atoms with Gasteiger partial charge in [-0.25, -0.2) is 4.68 Å². The number of nitrogens with two attached hydrogens (primary N) is 1. The minimum atomic E-state index is 0.430. The van der Waals surface area contributed by atoms with Crippen LogP contribution in [0.2, 0.25) is 0 Å². The Labute approximate surface area is 104 Å². The molecule has 2 aromatic rings. The molecule has 0 unspecified atom stereocenters. The third-order valence-corrected chi connectivity index (χ3v) is 3.27. The van der Waals surface area contributed by atoms with E-state index in [1.165, 1.54) is 4.88 Å². The molecule has 0 fully saturated rings. The standard InChI is InChI=1S/C11H16N4OS/c12-8-10-9-15(14-13-10)4-6-16-5-3-11-2-1-7-17-11/h1-2,7,9H,3-6,8,12H2. The molecule has 6 heteroatoms. The van der Waals surface area contributed by atoms with Crippen molar-refractivity contribution in [3.05, 3.63) is 34.3 Å². The number of thiophene rings is 1. The van der Waals surface area contributed by atoms with E-state index in [1.807, 2.05) is 6.20 Å². The van der Waals surface area contributed by atoms with E-state index in [0.29, 0.717) is 13.2 Å². The lowest BCUT2D eigenvalue weighted by atomic mass is 10.4. The molecule has 2 rings (SSSR count). The Morgan fingerprint density at radius 2 is 2.35 bits per heavy atom. The number of rotatable bonds is 7. The number of nitrogens with zero attached hydrogens (tertiary/aromatic N) is 3. The van der Waals surface area contributed by atoms with Crippen LogP contribution in [0.4, 0.5) is 0 Å². The quantitative estimate of drug-likeness (QED) is 0.748. The van der Waals surface area contributed by atoms with Gasteiger partial charge in [0.15, 0.2) is 0 Å². The number of hydrogen-bond acceptors (Lipinski definition) is 5. The van der Waals surface area contributed by atoms with Gasteiger partial charge >= 0.3 is 0 Å². The highest BCUT2D eigenvalue weighted by atomic mass is 32.1. The first-order chi connectivity index (χ1) is 8.38. The topological polar surface area (TPSA) is 66.0 Å². The molecule has 2 N–H and O–H groups in total. The van der Waals surface area contributed by atoms with Crippen molar-refractivity contribution in [1.82, 2.24) is 15.0 Å². The maximum Gasteiger partial charge on any atom is 0.0962 e. The van der Waals surface area contributed by atoms with Crippen molar-refractivity contribution in [2.24, 2.45) is 5.73 Å². The van der Waals surface area contributed by atoms with Crippen LogP contribution < -0.4 is 5.73 Å². The lowest BCUT2D eigenvalue weighted by Gasteiger charge is -2.02. The SMILES string of the molecule is NCc1cn(CCOCCc2cccs2)nn1. The second-order valence-corrected chi connectivity index (χ2v) is 4.65. The van der Waals surface area contributed by atoms with E-state index >= 15 is 0 Å². The molecule has 2 heterocycles. The van der Waals surface area contributed by atoms with Crippen LogP contribution in [0.1, 0.15) is 10.6 Å². The zero-order chi connectivity index (χ0) is 11.9. The second kappa shape index (κ2) is 6.48. The average Bonchev–Trinajstić information content (AvgIpc) is 2.99. The predicted octanol–water partition coefficient (Wildman–Crippen LogP) is 1.06. The minimum absolute atomic E-state index is 0.430. The van der Waals surface area contributed by atoms with Crippen LogP contribution in [0.15, 0.2) is 23.7 Å². The summed E-state index contributed by atoms with van der Waals surface area (Å²) >= 11 is 1.76. The van der Waals surface area contributed by atoms with Crippen LogP contribution in [0.3, 0.4) is 0 Å². The molecule has 0 aliphatic rings. The van der Waals surface area contributed by atoms with E-state index in [9.17, 15) is 0 Å². The molecule has 0 amide bonds. The highest BCUT2D eigenvalue weighted by Gasteiger charge is 1.98. The number of hydrogen-bond donors (Lipinski definition) is 1. The van der Waals surface area contributed by atoms with Gasteiger partial charge in [-0.15, -0.1) is 16.4 Å². The Morgan fingerprint density at radius 3 is 3.06 bits per heavy atom. The highest BCUT2D eigenvalue weighted by molar-refractivity contribution is 7.09. The third kappa shape index (κ3) is 3.92. The maximum absolute atomic E-state index is 5.54. The second-order valence-electron chi connectivity index (χ2n) is 3.62. The van der Waals surface area contributed by atoms with E-state index in [-0.39, 0.29) is 0 Å². The summed E-state index contributed by atoms with van der Waals surface area (Å²) in [6.45, 7) is 2.55. The van der Waals surface area contributed by atoms with Gasteiger partial charge in [-0.1, -0.05) is 11.3 Å². The van der Waals surface area contributed by atoms with Crippen molar-refractivity contribution in [2.45, 2.75) is 19.5 Å². The molecular weight excluding hydrogens is 236 g/mol. The summed E-state index contributed by atoms with van der Waals surface area (Å²) in [5.41, 5.74) is 6.26. The van der Waals surface area contributed by atoms with Crippen LogP contribution in [-0.4, -0.2) is 28.2 Å². The van der Waals surface area contributed by atoms with Gasteiger partial charge in [-0.3, -0.25) is 0 Å². The summed E-state index contributed by atoms with van der Waals surface area (Å²) < 4.78 is 7.30. The van der Waals surface area contributed by atoms with Crippen LogP contribution in [0.5, 0.6) is 0 Å². The van der Waals surface area contributed by atoms with Crippen molar-refractivity contribution in [3.8, 4) is 0 Å². The van der Waals surface area contributed by atoms with Crippen LogP contribution in [-0.2, 0) is 24.2 Å². The van der Waals surface area contributed by atoms with Gasteiger partial charge < -0.3 is 10.5 Å². The van der Waals surface area contributed by atoms with Crippen LogP contribution in [0.25, 0.3) is 0 Å². The average molecular weight is 252 g/mol. The summed E-state index contributed by atoms with van der Waals surface area (Å²) in [7, 11) is 0. The molecule has 17 heavy (non-hydrogen) atoms. The van der Waals surface area contributed by atoms with E-state index in [0.717, 1.165) is 25.3 Å². The van der Waals surface area contributed by atoms with Crippen LogP contribution >= 0.6 is 11.3 Å². The fourth-order valence-corrected chi connectivity index (χ4v) is 2.12. The molecule has 0 saturated carbocycles. The molecule has 0 aliphatic heterocycles. The first-order valence-electron chi connectivity index (χ1n) is 5.57. The minimum Gasteiger partial charge on any atom is -0.379 e. The molecule has 0 aliphatic carbocycles. The summed E-state index contributed by atoms with van der Waals surface area (Å²) in [6, 6.07) is 4.18. The summed E-state index contributed by atoms with van der Waals surface area (Å²) in [5, 5.41) is 9.93. The first kappa shape index (κ1) is 12.2. The highest BCUT2D eigenvalue weighted by Crippen LogP contribution is 2.08. The maximum atomic E-state index is 5.54. The Bertz CT molecular complexity index is 426. The first-order valence-corrected chi connectivity index (χ1v) is 6.45. The molecular formula is C11H16N4OS. The molecule has 0 bridgehead atoms. The van der Waals surface area contributed by atoms with E-state index < -0.39 is 0 Å². The summed E-state index contributed by atoms with van der Waals surface area (Å²) in [6.07, 6.45) is 2.83. The van der Waals surface area contributed by atoms with Gasteiger partial charge in [0.2, 0.25) is 0 Å². The monoisotopic (exact) mass is 252 g/mol. The predicted molar refractivity (Wildman–Crippen MR) is 66.8 cm³/mol. The van der Waals surface area contributed by atoms with Gasteiger partial charge in [-0.2, -0.15) is 0 Å². The van der Waals surface area contributed by atoms with Crippen molar-refractivity contribution in [1.29, 1.82) is 0 Å². The Balaban J connectivity index is 1.60. The van der Waals surface area contributed by atoms with Gasteiger partial charge in [0, 0.05) is 24.0 Å². The molecule has 5 nitrogen and oxygen atoms in total. The Morgan fingerprint density at radius 1 is 1.41 bits per heavy atom. The van der Waals surface area contributed by atoms with Crippen molar-refractivity contribution >= 4 is 11.3 Å². The zero-order valence-corrected chi connectivity index (χ0v) is 10.4. The van der Waals surface area contributed by atoms with Crippen LogP contribution in [0, 0.1) is 0 Å². The van der Waals surface area contributed by atoms with Gasteiger partial charge in [0.1, 0.15) is 0 Å². The number of ether oxygens (including phenoxy) is 1. The fourth-order valence-electron chi connectivity index (χ4n) is 1.43. The molecule has 0 aromatic carbocycles. The third-order valence-electron chi connectivity index (χ3n) is 2.33. The molecule has 0 saturated heterocycles. The van der Waals surface area contributed by atoms with E-state index in [1.54, 1.807) is 16.0 Å². The smallest absolute Gasteiger partial charge is 0.0962 e. The molecule has 0 atom stereocenters. The summed E-state index contributed by atoms with van der Waals surface area (Å²) in [5.74, 6) is 0.